The van der Waals surface area contributed by atoms with E-state index in [0.717, 1.165) is 37.1 Å². The second kappa shape index (κ2) is 4.04. The molecule has 4 nitrogen and oxygen atoms in total. The Kier molecular flexibility index (Phi) is 2.75. The molecule has 4 heteroatoms. The Hall–Kier alpha value is -1.32. The molecule has 1 atom stereocenters. The Morgan fingerprint density at radius 3 is 3.13 bits per heavy atom. The molecule has 1 aliphatic heterocycles. The van der Waals surface area contributed by atoms with Crippen molar-refractivity contribution in [3.8, 4) is 0 Å². The third-order valence-corrected chi connectivity index (χ3v) is 3.10. The lowest BCUT2D eigenvalue weighted by atomic mass is 9.94. The van der Waals surface area contributed by atoms with Crippen LogP contribution in [0, 0.1) is 0 Å². The van der Waals surface area contributed by atoms with E-state index in [1.54, 1.807) is 6.20 Å². The first kappa shape index (κ1) is 10.2. The molecule has 2 rings (SSSR count). The Morgan fingerprint density at radius 2 is 2.47 bits per heavy atom. The number of rotatable bonds is 3. The fraction of sp³-hybridized carbons (Fsp3) is 0.636. The molecule has 0 aliphatic carbocycles. The average molecular weight is 208 g/mol. The number of fused-ring (bicyclic) bond motifs is 1. The van der Waals surface area contributed by atoms with Crippen molar-refractivity contribution in [2.45, 2.75) is 45.1 Å². The van der Waals surface area contributed by atoms with Gasteiger partial charge in [-0.25, -0.2) is 0 Å². The van der Waals surface area contributed by atoms with Gasteiger partial charge in [0.1, 0.15) is 0 Å². The summed E-state index contributed by atoms with van der Waals surface area (Å²) in [4.78, 5) is 11.1. The normalized spacial score (nSPS) is 17.1. The molecule has 82 valence electrons. The van der Waals surface area contributed by atoms with Crippen molar-refractivity contribution in [3.63, 3.8) is 0 Å². The minimum atomic E-state index is -0.737. The molecule has 0 saturated heterocycles. The molecule has 1 N–H and O–H groups in total. The molecule has 1 unspecified atom stereocenters. The molecule has 0 spiro atoms. The van der Waals surface area contributed by atoms with Gasteiger partial charge in [-0.1, -0.05) is 6.92 Å². The zero-order chi connectivity index (χ0) is 10.8. The summed E-state index contributed by atoms with van der Waals surface area (Å²) < 4.78 is 1.96. The summed E-state index contributed by atoms with van der Waals surface area (Å²) in [6.07, 6.45) is 5.64. The first-order valence-corrected chi connectivity index (χ1v) is 5.51. The van der Waals surface area contributed by atoms with Crippen LogP contribution in [0.5, 0.6) is 0 Å². The van der Waals surface area contributed by atoms with Gasteiger partial charge >= 0.3 is 5.97 Å². The summed E-state index contributed by atoms with van der Waals surface area (Å²) in [5, 5.41) is 13.4. The van der Waals surface area contributed by atoms with Gasteiger partial charge in [0, 0.05) is 17.8 Å². The SMILES string of the molecule is CCC(C(=O)O)c1cnn2c1CCCC2. The minimum Gasteiger partial charge on any atom is -0.481 e. The Balaban J connectivity index is 2.35. The predicted octanol–water partition coefficient (Wildman–Crippen LogP) is 1.80. The number of hydrogen-bond acceptors (Lipinski definition) is 2. The summed E-state index contributed by atoms with van der Waals surface area (Å²) in [6, 6.07) is 0. The molecule has 0 saturated carbocycles. The van der Waals surface area contributed by atoms with Crippen molar-refractivity contribution < 1.29 is 9.90 Å². The zero-order valence-corrected chi connectivity index (χ0v) is 8.94. The molecule has 15 heavy (non-hydrogen) atoms. The van der Waals surface area contributed by atoms with Gasteiger partial charge in [-0.15, -0.1) is 0 Å². The number of aromatic nitrogens is 2. The molecule has 1 aromatic rings. The molecule has 0 amide bonds. The van der Waals surface area contributed by atoms with Crippen LogP contribution in [0.1, 0.15) is 43.4 Å². The smallest absolute Gasteiger partial charge is 0.311 e. The van der Waals surface area contributed by atoms with Crippen LogP contribution in [0.25, 0.3) is 0 Å². The summed E-state index contributed by atoms with van der Waals surface area (Å²) in [5.74, 6) is -1.12. The van der Waals surface area contributed by atoms with E-state index in [1.807, 2.05) is 11.6 Å². The van der Waals surface area contributed by atoms with Crippen molar-refractivity contribution in [2.75, 3.05) is 0 Å². The second-order valence-corrected chi connectivity index (χ2v) is 4.03. The van der Waals surface area contributed by atoms with Crippen molar-refractivity contribution in [1.29, 1.82) is 0 Å². The fourth-order valence-electron chi connectivity index (χ4n) is 2.26. The maximum absolute atomic E-state index is 11.1. The minimum absolute atomic E-state index is 0.383. The van der Waals surface area contributed by atoms with Crippen molar-refractivity contribution in [2.24, 2.45) is 0 Å². The van der Waals surface area contributed by atoms with E-state index in [2.05, 4.69) is 5.10 Å². The summed E-state index contributed by atoms with van der Waals surface area (Å²) in [5.41, 5.74) is 2.06. The van der Waals surface area contributed by atoms with Crippen molar-refractivity contribution in [3.05, 3.63) is 17.5 Å². The van der Waals surface area contributed by atoms with Crippen LogP contribution < -0.4 is 0 Å². The monoisotopic (exact) mass is 208 g/mol. The number of aliphatic carboxylic acids is 1. The van der Waals surface area contributed by atoms with Crippen molar-refractivity contribution >= 4 is 5.97 Å². The van der Waals surface area contributed by atoms with Crippen LogP contribution in [-0.2, 0) is 17.8 Å². The highest BCUT2D eigenvalue weighted by Gasteiger charge is 2.25. The third-order valence-electron chi connectivity index (χ3n) is 3.10. The van der Waals surface area contributed by atoms with Crippen LogP contribution >= 0.6 is 0 Å². The number of aryl methyl sites for hydroxylation is 1. The lowest BCUT2D eigenvalue weighted by Gasteiger charge is -2.17. The quantitative estimate of drug-likeness (QED) is 0.824. The van der Waals surface area contributed by atoms with Gasteiger partial charge in [0.05, 0.1) is 12.1 Å². The highest BCUT2D eigenvalue weighted by Crippen LogP contribution is 2.27. The first-order valence-electron chi connectivity index (χ1n) is 5.51. The zero-order valence-electron chi connectivity index (χ0n) is 8.94. The van der Waals surface area contributed by atoms with Gasteiger partial charge in [-0.05, 0) is 25.7 Å². The van der Waals surface area contributed by atoms with Gasteiger partial charge in [0.15, 0.2) is 0 Å². The van der Waals surface area contributed by atoms with E-state index in [9.17, 15) is 4.79 Å². The molecule has 2 heterocycles. The molecule has 0 fully saturated rings. The molecule has 0 bridgehead atoms. The van der Waals surface area contributed by atoms with Gasteiger partial charge in [-0.3, -0.25) is 9.48 Å². The van der Waals surface area contributed by atoms with Crippen LogP contribution in [0.15, 0.2) is 6.20 Å². The Bertz CT molecular complexity index is 371. The molecule has 1 aliphatic rings. The van der Waals surface area contributed by atoms with Crippen LogP contribution in [-0.4, -0.2) is 20.9 Å². The topological polar surface area (TPSA) is 55.1 Å². The van der Waals surface area contributed by atoms with Gasteiger partial charge in [-0.2, -0.15) is 5.10 Å². The van der Waals surface area contributed by atoms with Gasteiger partial charge in [0.25, 0.3) is 0 Å². The standard InChI is InChI=1S/C11H16N2O2/c1-2-8(11(14)15)9-7-12-13-6-4-3-5-10(9)13/h7-8H,2-6H2,1H3,(H,14,15). The van der Waals surface area contributed by atoms with E-state index < -0.39 is 5.97 Å². The second-order valence-electron chi connectivity index (χ2n) is 4.03. The average Bonchev–Trinajstić information content (AvgIpc) is 2.63. The molecule has 0 radical (unpaired) electrons. The molecular weight excluding hydrogens is 192 g/mol. The first-order chi connectivity index (χ1) is 7.24. The summed E-state index contributed by atoms with van der Waals surface area (Å²) in [6.45, 7) is 2.84. The van der Waals surface area contributed by atoms with E-state index in [4.69, 9.17) is 5.11 Å². The van der Waals surface area contributed by atoms with Gasteiger partial charge < -0.3 is 5.11 Å². The summed E-state index contributed by atoms with van der Waals surface area (Å²) >= 11 is 0. The predicted molar refractivity (Wildman–Crippen MR) is 55.8 cm³/mol. The highest BCUT2D eigenvalue weighted by atomic mass is 16.4. The molecular formula is C11H16N2O2. The Morgan fingerprint density at radius 1 is 1.67 bits per heavy atom. The lowest BCUT2D eigenvalue weighted by Crippen LogP contribution is -2.16. The van der Waals surface area contributed by atoms with Crippen LogP contribution in [0.4, 0.5) is 0 Å². The van der Waals surface area contributed by atoms with E-state index in [0.29, 0.717) is 6.42 Å². The number of hydrogen-bond donors (Lipinski definition) is 1. The number of nitrogens with zero attached hydrogens (tertiary/aromatic N) is 2. The lowest BCUT2D eigenvalue weighted by molar-refractivity contribution is -0.138. The largest absolute Gasteiger partial charge is 0.481 e. The third kappa shape index (κ3) is 1.76. The molecule has 0 aromatic carbocycles. The van der Waals surface area contributed by atoms with Gasteiger partial charge in [0.2, 0.25) is 0 Å². The van der Waals surface area contributed by atoms with Crippen LogP contribution in [0.2, 0.25) is 0 Å². The highest BCUT2D eigenvalue weighted by molar-refractivity contribution is 5.76. The van der Waals surface area contributed by atoms with Crippen LogP contribution in [0.3, 0.4) is 0 Å². The number of carbonyl (C=O) groups is 1. The fourth-order valence-corrected chi connectivity index (χ4v) is 2.26. The van der Waals surface area contributed by atoms with E-state index in [1.165, 1.54) is 0 Å². The van der Waals surface area contributed by atoms with Crippen molar-refractivity contribution in [1.82, 2.24) is 9.78 Å². The summed E-state index contributed by atoms with van der Waals surface area (Å²) in [7, 11) is 0. The molecule has 1 aromatic heterocycles. The maximum atomic E-state index is 11.1. The number of carboxylic acids is 1. The maximum Gasteiger partial charge on any atom is 0.311 e. The van der Waals surface area contributed by atoms with E-state index in [-0.39, 0.29) is 5.92 Å². The van der Waals surface area contributed by atoms with E-state index >= 15 is 0 Å². The number of carboxylic acid groups (broad SMARTS) is 1. The Labute approximate surface area is 88.9 Å².